The van der Waals surface area contributed by atoms with Crippen molar-refractivity contribution < 1.29 is 17.9 Å². The number of amides is 1. The Bertz CT molecular complexity index is 662. The van der Waals surface area contributed by atoms with Crippen LogP contribution in [-0.4, -0.2) is 71.4 Å². The van der Waals surface area contributed by atoms with Crippen LogP contribution >= 0.6 is 15.9 Å². The van der Waals surface area contributed by atoms with Gasteiger partial charge >= 0.3 is 0 Å². The average molecular weight is 420 g/mol. The van der Waals surface area contributed by atoms with Gasteiger partial charge in [0.15, 0.2) is 0 Å². The molecule has 1 aliphatic heterocycles. The summed E-state index contributed by atoms with van der Waals surface area (Å²) < 4.78 is 31.1. The van der Waals surface area contributed by atoms with Gasteiger partial charge < -0.3 is 10.1 Å². The summed E-state index contributed by atoms with van der Waals surface area (Å²) in [6.07, 6.45) is 1.09. The Kier molecular flexibility index (Phi) is 7.02. The number of sulfonamides is 1. The quantitative estimate of drug-likeness (QED) is 0.702. The number of hydrogen-bond donors (Lipinski definition) is 1. The second kappa shape index (κ2) is 8.80. The van der Waals surface area contributed by atoms with E-state index in [9.17, 15) is 13.2 Å². The van der Waals surface area contributed by atoms with Gasteiger partial charge in [0, 0.05) is 30.7 Å². The molecule has 1 amide bonds. The maximum Gasteiger partial charge on any atom is 0.240 e. The number of morpholine rings is 1. The Morgan fingerprint density at radius 2 is 2.08 bits per heavy atom. The van der Waals surface area contributed by atoms with Gasteiger partial charge in [-0.2, -0.15) is 0 Å². The SMILES string of the molecule is CS(=O)(=O)N(CC(=O)NCCN1CCOCC1)c1cccc(Br)c1. The molecule has 0 atom stereocenters. The Morgan fingerprint density at radius 3 is 2.71 bits per heavy atom. The van der Waals surface area contributed by atoms with Crippen LogP contribution in [0.1, 0.15) is 0 Å². The fourth-order valence-electron chi connectivity index (χ4n) is 2.40. The maximum absolute atomic E-state index is 12.1. The minimum absolute atomic E-state index is 0.238. The highest BCUT2D eigenvalue weighted by molar-refractivity contribution is 9.10. The Hall–Kier alpha value is -1.16. The number of carbonyl (C=O) groups excluding carboxylic acids is 1. The van der Waals surface area contributed by atoms with Crippen LogP contribution < -0.4 is 9.62 Å². The predicted molar refractivity (Wildman–Crippen MR) is 96.6 cm³/mol. The normalized spacial score (nSPS) is 15.9. The van der Waals surface area contributed by atoms with E-state index in [-0.39, 0.29) is 12.5 Å². The standard InChI is InChI=1S/C15H22BrN3O4S/c1-24(21,22)19(14-4-2-3-13(16)11-14)12-15(20)17-5-6-18-7-9-23-10-8-18/h2-4,11H,5-10,12H2,1H3,(H,17,20). The van der Waals surface area contributed by atoms with Gasteiger partial charge in [0.1, 0.15) is 6.54 Å². The summed E-state index contributed by atoms with van der Waals surface area (Å²) in [5.41, 5.74) is 0.454. The van der Waals surface area contributed by atoms with Crippen molar-refractivity contribution in [2.75, 3.05) is 56.5 Å². The Morgan fingerprint density at radius 1 is 1.38 bits per heavy atom. The number of ether oxygens (including phenoxy) is 1. The minimum atomic E-state index is -3.55. The zero-order valence-electron chi connectivity index (χ0n) is 13.6. The highest BCUT2D eigenvalue weighted by Crippen LogP contribution is 2.21. The Balaban J connectivity index is 1.90. The number of benzene rings is 1. The summed E-state index contributed by atoms with van der Waals surface area (Å²) in [6.45, 7) is 4.09. The minimum Gasteiger partial charge on any atom is -0.379 e. The molecule has 1 aromatic carbocycles. The molecule has 0 bridgehead atoms. The molecule has 0 spiro atoms. The van der Waals surface area contributed by atoms with Crippen LogP contribution in [0.3, 0.4) is 0 Å². The van der Waals surface area contributed by atoms with Gasteiger partial charge in [-0.05, 0) is 18.2 Å². The van der Waals surface area contributed by atoms with Gasteiger partial charge in [0.2, 0.25) is 15.9 Å². The van der Waals surface area contributed by atoms with E-state index in [1.54, 1.807) is 24.3 Å². The molecule has 7 nitrogen and oxygen atoms in total. The first-order valence-electron chi connectivity index (χ1n) is 7.66. The summed E-state index contributed by atoms with van der Waals surface area (Å²) in [5.74, 6) is -0.325. The van der Waals surface area contributed by atoms with E-state index in [1.807, 2.05) is 0 Å². The van der Waals surface area contributed by atoms with Crippen molar-refractivity contribution in [3.05, 3.63) is 28.7 Å². The summed E-state index contributed by atoms with van der Waals surface area (Å²) in [5, 5.41) is 2.78. The number of nitrogens with zero attached hydrogens (tertiary/aromatic N) is 2. The fourth-order valence-corrected chi connectivity index (χ4v) is 3.63. The van der Waals surface area contributed by atoms with E-state index < -0.39 is 10.0 Å². The van der Waals surface area contributed by atoms with E-state index >= 15 is 0 Å². The van der Waals surface area contributed by atoms with Crippen LogP contribution in [0, 0.1) is 0 Å². The van der Waals surface area contributed by atoms with E-state index in [1.165, 1.54) is 0 Å². The first-order chi connectivity index (χ1) is 11.4. The number of carbonyl (C=O) groups is 1. The lowest BCUT2D eigenvalue weighted by Gasteiger charge is -2.27. The van der Waals surface area contributed by atoms with Gasteiger partial charge in [-0.3, -0.25) is 14.0 Å². The zero-order valence-corrected chi connectivity index (χ0v) is 16.0. The number of nitrogens with one attached hydrogen (secondary N) is 1. The van der Waals surface area contributed by atoms with E-state index in [0.29, 0.717) is 25.4 Å². The second-order valence-corrected chi connectivity index (χ2v) is 8.38. The van der Waals surface area contributed by atoms with E-state index in [2.05, 4.69) is 26.1 Å². The molecule has 1 fully saturated rings. The highest BCUT2D eigenvalue weighted by Gasteiger charge is 2.21. The molecule has 2 rings (SSSR count). The van der Waals surface area contributed by atoms with Crippen LogP contribution in [0.5, 0.6) is 0 Å². The molecule has 1 N–H and O–H groups in total. The number of hydrogen-bond acceptors (Lipinski definition) is 5. The monoisotopic (exact) mass is 419 g/mol. The van der Waals surface area contributed by atoms with Crippen LogP contribution in [0.25, 0.3) is 0 Å². The molecule has 0 aromatic heterocycles. The topological polar surface area (TPSA) is 79.0 Å². The third-order valence-electron chi connectivity index (χ3n) is 3.64. The summed E-state index contributed by atoms with van der Waals surface area (Å²) in [6, 6.07) is 6.86. The lowest BCUT2D eigenvalue weighted by Crippen LogP contribution is -2.44. The largest absolute Gasteiger partial charge is 0.379 e. The van der Waals surface area contributed by atoms with Gasteiger partial charge in [-0.15, -0.1) is 0 Å². The smallest absolute Gasteiger partial charge is 0.240 e. The third kappa shape index (κ3) is 6.04. The van der Waals surface area contributed by atoms with Crippen molar-refractivity contribution in [3.8, 4) is 0 Å². The van der Waals surface area contributed by atoms with Crippen molar-refractivity contribution in [1.29, 1.82) is 0 Å². The molecular weight excluding hydrogens is 398 g/mol. The van der Waals surface area contributed by atoms with Gasteiger partial charge in [0.05, 0.1) is 25.2 Å². The molecule has 0 aliphatic carbocycles. The highest BCUT2D eigenvalue weighted by atomic mass is 79.9. The van der Waals surface area contributed by atoms with E-state index in [4.69, 9.17) is 4.74 Å². The lowest BCUT2D eigenvalue weighted by atomic mass is 10.3. The van der Waals surface area contributed by atoms with Crippen molar-refractivity contribution in [2.24, 2.45) is 0 Å². The summed E-state index contributed by atoms with van der Waals surface area (Å²) in [7, 11) is -3.55. The van der Waals surface area contributed by atoms with Crippen LogP contribution in [0.2, 0.25) is 0 Å². The molecule has 1 aromatic rings. The zero-order chi connectivity index (χ0) is 17.6. The molecule has 1 aliphatic rings. The van der Waals surface area contributed by atoms with Gasteiger partial charge in [0.25, 0.3) is 0 Å². The molecule has 0 unspecified atom stereocenters. The molecule has 1 saturated heterocycles. The summed E-state index contributed by atoms with van der Waals surface area (Å²) in [4.78, 5) is 14.3. The maximum atomic E-state index is 12.1. The molecule has 1 heterocycles. The number of rotatable bonds is 7. The van der Waals surface area contributed by atoms with Crippen LogP contribution in [0.15, 0.2) is 28.7 Å². The van der Waals surface area contributed by atoms with Gasteiger partial charge in [-0.25, -0.2) is 8.42 Å². The molecular formula is C15H22BrN3O4S. The van der Waals surface area contributed by atoms with Crippen molar-refractivity contribution in [2.45, 2.75) is 0 Å². The van der Waals surface area contributed by atoms with E-state index in [0.717, 1.165) is 34.7 Å². The van der Waals surface area contributed by atoms with Crippen molar-refractivity contribution in [1.82, 2.24) is 10.2 Å². The van der Waals surface area contributed by atoms with Crippen molar-refractivity contribution >= 4 is 37.5 Å². The Labute approximate surface area is 151 Å². The third-order valence-corrected chi connectivity index (χ3v) is 5.27. The molecule has 0 radical (unpaired) electrons. The second-order valence-electron chi connectivity index (χ2n) is 5.55. The summed E-state index contributed by atoms with van der Waals surface area (Å²) >= 11 is 3.31. The lowest BCUT2D eigenvalue weighted by molar-refractivity contribution is -0.119. The fraction of sp³-hybridized carbons (Fsp3) is 0.533. The average Bonchev–Trinajstić information content (AvgIpc) is 2.52. The predicted octanol–water partition coefficient (Wildman–Crippen LogP) is 0.664. The van der Waals surface area contributed by atoms with Gasteiger partial charge in [-0.1, -0.05) is 22.0 Å². The number of halogens is 1. The van der Waals surface area contributed by atoms with Crippen molar-refractivity contribution in [3.63, 3.8) is 0 Å². The first-order valence-corrected chi connectivity index (χ1v) is 10.3. The first kappa shape index (κ1) is 19.2. The molecule has 0 saturated carbocycles. The molecule has 134 valence electrons. The van der Waals surface area contributed by atoms with Crippen LogP contribution in [-0.2, 0) is 19.6 Å². The number of anilines is 1. The molecule has 9 heteroatoms. The molecule has 24 heavy (non-hydrogen) atoms. The van der Waals surface area contributed by atoms with Crippen LogP contribution in [0.4, 0.5) is 5.69 Å².